The third kappa shape index (κ3) is 21.4. The molecule has 0 fully saturated rings. The number of rotatable bonds is 20. The number of carbonyl (C=O) groups is 1. The van der Waals surface area contributed by atoms with Gasteiger partial charge in [0, 0.05) is 6.42 Å². The molecule has 0 aromatic carbocycles. The SMILES string of the molecule is CCCCCCCCCCCCCCCCC(=O)OCCCCCC. The highest BCUT2D eigenvalue weighted by Crippen LogP contribution is 2.13. The van der Waals surface area contributed by atoms with Gasteiger partial charge < -0.3 is 4.74 Å². The number of ether oxygens (including phenoxy) is 1. The Hall–Kier alpha value is -0.530. The van der Waals surface area contributed by atoms with Gasteiger partial charge in [-0.15, -0.1) is 0 Å². The van der Waals surface area contributed by atoms with Gasteiger partial charge in [0.05, 0.1) is 6.61 Å². The normalized spacial score (nSPS) is 11.0. The Morgan fingerprint density at radius 2 is 0.880 bits per heavy atom. The molecule has 0 bridgehead atoms. The Bertz CT molecular complexity index is 263. The third-order valence-electron chi connectivity index (χ3n) is 5.00. The molecule has 0 saturated carbocycles. The van der Waals surface area contributed by atoms with Crippen molar-refractivity contribution < 1.29 is 9.53 Å². The zero-order valence-corrected chi connectivity index (χ0v) is 17.5. The summed E-state index contributed by atoms with van der Waals surface area (Å²) in [4.78, 5) is 11.6. The Balaban J connectivity index is 3.09. The highest BCUT2D eigenvalue weighted by atomic mass is 16.5. The molecule has 0 unspecified atom stereocenters. The molecular formula is C23H46O2. The summed E-state index contributed by atoms with van der Waals surface area (Å²) in [6, 6.07) is 0. The minimum Gasteiger partial charge on any atom is -0.466 e. The van der Waals surface area contributed by atoms with Gasteiger partial charge in [0.15, 0.2) is 0 Å². The fraction of sp³-hybridized carbons (Fsp3) is 0.957. The van der Waals surface area contributed by atoms with Crippen molar-refractivity contribution in [1.29, 1.82) is 0 Å². The smallest absolute Gasteiger partial charge is 0.305 e. The first-order chi connectivity index (χ1) is 12.3. The molecule has 0 saturated heterocycles. The van der Waals surface area contributed by atoms with E-state index < -0.39 is 0 Å². The molecule has 0 aliphatic heterocycles. The fourth-order valence-corrected chi connectivity index (χ4v) is 3.25. The quantitative estimate of drug-likeness (QED) is 0.164. The molecule has 0 aromatic rings. The van der Waals surface area contributed by atoms with Gasteiger partial charge in [0.2, 0.25) is 0 Å². The van der Waals surface area contributed by atoms with E-state index in [4.69, 9.17) is 4.74 Å². The molecule has 150 valence electrons. The number of hydrogen-bond donors (Lipinski definition) is 0. The molecule has 25 heavy (non-hydrogen) atoms. The number of esters is 1. The van der Waals surface area contributed by atoms with E-state index in [2.05, 4.69) is 13.8 Å². The maximum atomic E-state index is 11.6. The van der Waals surface area contributed by atoms with Crippen LogP contribution in [0.3, 0.4) is 0 Å². The van der Waals surface area contributed by atoms with E-state index in [1.165, 1.54) is 103 Å². The minimum absolute atomic E-state index is 0.00966. The van der Waals surface area contributed by atoms with Gasteiger partial charge in [-0.1, -0.05) is 117 Å². The monoisotopic (exact) mass is 354 g/mol. The Morgan fingerprint density at radius 3 is 1.32 bits per heavy atom. The van der Waals surface area contributed by atoms with E-state index in [-0.39, 0.29) is 5.97 Å². The predicted octanol–water partition coefficient (Wildman–Crippen LogP) is 7.98. The largest absolute Gasteiger partial charge is 0.466 e. The zero-order chi connectivity index (χ0) is 18.4. The summed E-state index contributed by atoms with van der Waals surface area (Å²) >= 11 is 0. The molecule has 0 heterocycles. The maximum Gasteiger partial charge on any atom is 0.305 e. The van der Waals surface area contributed by atoms with E-state index in [1.807, 2.05) is 0 Å². The van der Waals surface area contributed by atoms with Crippen molar-refractivity contribution in [2.75, 3.05) is 6.61 Å². The topological polar surface area (TPSA) is 26.3 Å². The third-order valence-corrected chi connectivity index (χ3v) is 5.00. The van der Waals surface area contributed by atoms with Crippen LogP contribution in [0.2, 0.25) is 0 Å². The summed E-state index contributed by atoms with van der Waals surface area (Å²) < 4.78 is 5.26. The molecule has 0 aromatic heterocycles. The van der Waals surface area contributed by atoms with Crippen LogP contribution in [0.25, 0.3) is 0 Å². The first-order valence-corrected chi connectivity index (χ1v) is 11.5. The van der Waals surface area contributed by atoms with Crippen LogP contribution in [-0.2, 0) is 9.53 Å². The van der Waals surface area contributed by atoms with Crippen molar-refractivity contribution in [3.05, 3.63) is 0 Å². The zero-order valence-electron chi connectivity index (χ0n) is 17.5. The van der Waals surface area contributed by atoms with Gasteiger partial charge in [-0.3, -0.25) is 4.79 Å². The van der Waals surface area contributed by atoms with Crippen LogP contribution in [0.5, 0.6) is 0 Å². The van der Waals surface area contributed by atoms with Crippen LogP contribution < -0.4 is 0 Å². The van der Waals surface area contributed by atoms with Crippen LogP contribution in [0.1, 0.15) is 136 Å². The number of carbonyl (C=O) groups excluding carboxylic acids is 1. The maximum absolute atomic E-state index is 11.6. The summed E-state index contributed by atoms with van der Waals surface area (Å²) in [5, 5.41) is 0. The number of unbranched alkanes of at least 4 members (excludes halogenated alkanes) is 16. The molecule has 2 heteroatoms. The van der Waals surface area contributed by atoms with Gasteiger partial charge in [-0.25, -0.2) is 0 Å². The lowest BCUT2D eigenvalue weighted by atomic mass is 10.0. The molecule has 0 spiro atoms. The average molecular weight is 355 g/mol. The van der Waals surface area contributed by atoms with Crippen LogP contribution in [0.15, 0.2) is 0 Å². The molecule has 0 atom stereocenters. The lowest BCUT2D eigenvalue weighted by molar-refractivity contribution is -0.143. The van der Waals surface area contributed by atoms with Crippen molar-refractivity contribution in [1.82, 2.24) is 0 Å². The highest BCUT2D eigenvalue weighted by molar-refractivity contribution is 5.69. The van der Waals surface area contributed by atoms with E-state index in [0.29, 0.717) is 13.0 Å². The first-order valence-electron chi connectivity index (χ1n) is 11.5. The fourth-order valence-electron chi connectivity index (χ4n) is 3.25. The molecular weight excluding hydrogens is 308 g/mol. The van der Waals surface area contributed by atoms with E-state index in [0.717, 1.165) is 12.8 Å². The number of hydrogen-bond acceptors (Lipinski definition) is 2. The summed E-state index contributed by atoms with van der Waals surface area (Å²) in [5.41, 5.74) is 0. The second-order valence-corrected chi connectivity index (χ2v) is 7.63. The van der Waals surface area contributed by atoms with Crippen LogP contribution >= 0.6 is 0 Å². The van der Waals surface area contributed by atoms with E-state index in [1.54, 1.807) is 0 Å². The molecule has 0 N–H and O–H groups in total. The van der Waals surface area contributed by atoms with E-state index >= 15 is 0 Å². The molecule has 0 aliphatic carbocycles. The second kappa shape index (κ2) is 21.5. The standard InChI is InChI=1S/C23H46O2/c1-3-5-7-9-10-11-12-13-14-15-16-17-18-19-21-23(24)25-22-20-8-6-4-2/h3-22H2,1-2H3. The van der Waals surface area contributed by atoms with Gasteiger partial charge >= 0.3 is 5.97 Å². The lowest BCUT2D eigenvalue weighted by Gasteiger charge is -2.05. The Kier molecular flexibility index (Phi) is 21.1. The van der Waals surface area contributed by atoms with Crippen molar-refractivity contribution in [3.63, 3.8) is 0 Å². The van der Waals surface area contributed by atoms with Crippen molar-refractivity contribution in [2.45, 2.75) is 136 Å². The van der Waals surface area contributed by atoms with Crippen LogP contribution in [0, 0.1) is 0 Å². The average Bonchev–Trinajstić information content (AvgIpc) is 2.62. The Labute approximate surface area is 158 Å². The highest BCUT2D eigenvalue weighted by Gasteiger charge is 2.02. The molecule has 0 radical (unpaired) electrons. The lowest BCUT2D eigenvalue weighted by Crippen LogP contribution is -2.05. The van der Waals surface area contributed by atoms with Gasteiger partial charge in [0.25, 0.3) is 0 Å². The molecule has 0 aliphatic rings. The summed E-state index contributed by atoms with van der Waals surface area (Å²) in [7, 11) is 0. The van der Waals surface area contributed by atoms with E-state index in [9.17, 15) is 4.79 Å². The predicted molar refractivity (Wildman–Crippen MR) is 110 cm³/mol. The summed E-state index contributed by atoms with van der Waals surface area (Å²) in [6.45, 7) is 5.10. The van der Waals surface area contributed by atoms with Crippen molar-refractivity contribution in [2.24, 2.45) is 0 Å². The summed E-state index contributed by atoms with van der Waals surface area (Å²) in [6.07, 6.45) is 24.2. The molecule has 0 amide bonds. The van der Waals surface area contributed by atoms with Crippen LogP contribution in [0.4, 0.5) is 0 Å². The Morgan fingerprint density at radius 1 is 0.520 bits per heavy atom. The first kappa shape index (κ1) is 24.5. The van der Waals surface area contributed by atoms with Gasteiger partial charge in [-0.2, -0.15) is 0 Å². The molecule has 0 rings (SSSR count). The minimum atomic E-state index is 0.00966. The second-order valence-electron chi connectivity index (χ2n) is 7.63. The van der Waals surface area contributed by atoms with Crippen molar-refractivity contribution >= 4 is 5.97 Å². The van der Waals surface area contributed by atoms with Gasteiger partial charge in [-0.05, 0) is 12.8 Å². The van der Waals surface area contributed by atoms with Crippen molar-refractivity contribution in [3.8, 4) is 0 Å². The van der Waals surface area contributed by atoms with Crippen LogP contribution in [-0.4, -0.2) is 12.6 Å². The summed E-state index contributed by atoms with van der Waals surface area (Å²) in [5.74, 6) is 0.00966. The van der Waals surface area contributed by atoms with Gasteiger partial charge in [0.1, 0.15) is 0 Å². The molecule has 2 nitrogen and oxygen atoms in total.